The second-order valence-corrected chi connectivity index (χ2v) is 6.41. The zero-order valence-electron chi connectivity index (χ0n) is 13.1. The molecule has 1 fully saturated rings. The van der Waals surface area contributed by atoms with Crippen LogP contribution in [0.15, 0.2) is 16.6 Å². The van der Waals surface area contributed by atoms with Gasteiger partial charge in [0.1, 0.15) is 0 Å². The molecule has 0 radical (unpaired) electrons. The highest BCUT2D eigenvalue weighted by Gasteiger charge is 2.27. The lowest BCUT2D eigenvalue weighted by molar-refractivity contribution is -0.0519. The molecule has 23 heavy (non-hydrogen) atoms. The summed E-state index contributed by atoms with van der Waals surface area (Å²) in [6, 6.07) is 3.71. The minimum atomic E-state index is -2.89. The minimum Gasteiger partial charge on any atom is -0.490 e. The normalized spacial score (nSPS) is 21.3. The van der Waals surface area contributed by atoms with Crippen LogP contribution in [0.4, 0.5) is 8.78 Å². The van der Waals surface area contributed by atoms with Gasteiger partial charge in [-0.2, -0.15) is 8.78 Å². The van der Waals surface area contributed by atoms with Gasteiger partial charge in [-0.05, 0) is 46.5 Å². The van der Waals surface area contributed by atoms with Crippen LogP contribution in [0.5, 0.6) is 11.5 Å². The quantitative estimate of drug-likeness (QED) is 0.770. The molecule has 2 atom stereocenters. The lowest BCUT2D eigenvalue weighted by Crippen LogP contribution is -2.28. The monoisotopic (exact) mass is 414 g/mol. The van der Waals surface area contributed by atoms with Crippen molar-refractivity contribution in [3.05, 3.63) is 22.2 Å². The SMILES string of the molecule is CCOc1cc(CN2CC(C)C(N)C2)cc(Br)c1OC(F)F.Cl. The van der Waals surface area contributed by atoms with Gasteiger partial charge in [-0.25, -0.2) is 0 Å². The van der Waals surface area contributed by atoms with Crippen LogP contribution in [0, 0.1) is 5.92 Å². The number of ether oxygens (including phenoxy) is 2. The van der Waals surface area contributed by atoms with Crippen LogP contribution in [0.25, 0.3) is 0 Å². The van der Waals surface area contributed by atoms with Gasteiger partial charge < -0.3 is 15.2 Å². The van der Waals surface area contributed by atoms with E-state index in [-0.39, 0.29) is 24.2 Å². The molecule has 1 aromatic carbocycles. The molecule has 132 valence electrons. The van der Waals surface area contributed by atoms with E-state index in [9.17, 15) is 8.78 Å². The number of nitrogens with zero attached hydrogens (tertiary/aromatic N) is 1. The summed E-state index contributed by atoms with van der Waals surface area (Å²) in [5.74, 6) is 0.812. The van der Waals surface area contributed by atoms with Gasteiger partial charge in [0.25, 0.3) is 0 Å². The van der Waals surface area contributed by atoms with Crippen LogP contribution in [0.2, 0.25) is 0 Å². The maximum Gasteiger partial charge on any atom is 0.387 e. The number of halogens is 4. The Labute approximate surface area is 149 Å². The summed E-state index contributed by atoms with van der Waals surface area (Å²) in [7, 11) is 0. The molecule has 0 spiro atoms. The van der Waals surface area contributed by atoms with Crippen LogP contribution in [-0.4, -0.2) is 37.2 Å². The van der Waals surface area contributed by atoms with E-state index < -0.39 is 6.61 Å². The fraction of sp³-hybridized carbons (Fsp3) is 0.600. The molecule has 0 aliphatic carbocycles. The third kappa shape index (κ3) is 5.45. The van der Waals surface area contributed by atoms with E-state index in [2.05, 4.69) is 32.5 Å². The molecule has 0 aromatic heterocycles. The van der Waals surface area contributed by atoms with Crippen molar-refractivity contribution in [1.29, 1.82) is 0 Å². The predicted octanol–water partition coefficient (Wildman–Crippen LogP) is 3.65. The highest BCUT2D eigenvalue weighted by Crippen LogP contribution is 2.38. The number of benzene rings is 1. The van der Waals surface area contributed by atoms with Crippen LogP contribution < -0.4 is 15.2 Å². The average molecular weight is 416 g/mol. The summed E-state index contributed by atoms with van der Waals surface area (Å²) in [5.41, 5.74) is 7.00. The van der Waals surface area contributed by atoms with Crippen molar-refractivity contribution < 1.29 is 18.3 Å². The van der Waals surface area contributed by atoms with E-state index in [1.165, 1.54) is 0 Å². The maximum atomic E-state index is 12.5. The Balaban J connectivity index is 0.00000264. The Morgan fingerprint density at radius 3 is 2.61 bits per heavy atom. The van der Waals surface area contributed by atoms with Gasteiger partial charge in [0, 0.05) is 25.7 Å². The van der Waals surface area contributed by atoms with Crippen molar-refractivity contribution in [1.82, 2.24) is 4.90 Å². The van der Waals surface area contributed by atoms with Crippen molar-refractivity contribution in [3.8, 4) is 11.5 Å². The molecule has 4 nitrogen and oxygen atoms in total. The molecule has 1 aromatic rings. The van der Waals surface area contributed by atoms with E-state index in [4.69, 9.17) is 10.5 Å². The standard InChI is InChI=1S/C15H21BrF2N2O2.ClH/c1-3-21-13-5-10(4-11(16)14(13)22-15(17)18)7-20-6-9(2)12(19)8-20;/h4-5,9,12,15H,3,6-8,19H2,1-2H3;1H. The van der Waals surface area contributed by atoms with Crippen LogP contribution in [0.3, 0.4) is 0 Å². The molecule has 2 unspecified atom stereocenters. The third-order valence-corrected chi connectivity index (χ3v) is 4.32. The van der Waals surface area contributed by atoms with Gasteiger partial charge in [-0.3, -0.25) is 4.90 Å². The highest BCUT2D eigenvalue weighted by molar-refractivity contribution is 9.10. The molecule has 1 saturated heterocycles. The summed E-state index contributed by atoms with van der Waals surface area (Å²) in [6.45, 7) is 3.88. The van der Waals surface area contributed by atoms with Crippen LogP contribution >= 0.6 is 28.3 Å². The highest BCUT2D eigenvalue weighted by atomic mass is 79.9. The van der Waals surface area contributed by atoms with E-state index in [0.29, 0.717) is 29.3 Å². The molecule has 8 heteroatoms. The number of nitrogens with two attached hydrogens (primary N) is 1. The molecule has 1 aliphatic heterocycles. The van der Waals surface area contributed by atoms with E-state index in [0.717, 1.165) is 18.7 Å². The fourth-order valence-corrected chi connectivity index (χ4v) is 3.24. The van der Waals surface area contributed by atoms with Crippen LogP contribution in [-0.2, 0) is 6.54 Å². The molecular formula is C15H22BrClF2N2O2. The van der Waals surface area contributed by atoms with Crippen molar-refractivity contribution in [3.63, 3.8) is 0 Å². The van der Waals surface area contributed by atoms with E-state index in [1.807, 2.05) is 0 Å². The second kappa shape index (κ2) is 9.01. The summed E-state index contributed by atoms with van der Waals surface area (Å²) in [4.78, 5) is 2.25. The molecular weight excluding hydrogens is 394 g/mol. The lowest BCUT2D eigenvalue weighted by atomic mass is 10.1. The van der Waals surface area contributed by atoms with Gasteiger partial charge >= 0.3 is 6.61 Å². The zero-order valence-corrected chi connectivity index (χ0v) is 15.5. The Hall–Kier alpha value is -0.630. The first-order chi connectivity index (χ1) is 10.4. The Kier molecular flexibility index (Phi) is 8.00. The molecule has 2 N–H and O–H groups in total. The minimum absolute atomic E-state index is 0. The van der Waals surface area contributed by atoms with Gasteiger partial charge in [-0.15, -0.1) is 12.4 Å². The molecule has 0 amide bonds. The van der Waals surface area contributed by atoms with Crippen molar-refractivity contribution >= 4 is 28.3 Å². The maximum absolute atomic E-state index is 12.5. The van der Waals surface area contributed by atoms with E-state index >= 15 is 0 Å². The number of alkyl halides is 2. The van der Waals surface area contributed by atoms with Gasteiger partial charge in [0.15, 0.2) is 11.5 Å². The van der Waals surface area contributed by atoms with E-state index in [1.54, 1.807) is 19.1 Å². The first kappa shape index (κ1) is 20.4. The molecule has 0 bridgehead atoms. The molecule has 0 saturated carbocycles. The van der Waals surface area contributed by atoms with Crippen molar-refractivity contribution in [2.75, 3.05) is 19.7 Å². The molecule has 1 aliphatic rings. The number of rotatable bonds is 6. The first-order valence-corrected chi connectivity index (χ1v) is 8.08. The summed E-state index contributed by atoms with van der Waals surface area (Å²) in [5, 5.41) is 0. The van der Waals surface area contributed by atoms with Gasteiger partial charge in [0.05, 0.1) is 11.1 Å². The zero-order chi connectivity index (χ0) is 16.3. The van der Waals surface area contributed by atoms with Crippen molar-refractivity contribution in [2.24, 2.45) is 11.7 Å². The third-order valence-electron chi connectivity index (χ3n) is 3.73. The number of likely N-dealkylation sites (tertiary alicyclic amines) is 1. The first-order valence-electron chi connectivity index (χ1n) is 7.28. The number of hydrogen-bond donors (Lipinski definition) is 1. The van der Waals surface area contributed by atoms with Crippen molar-refractivity contribution in [2.45, 2.75) is 33.0 Å². The summed E-state index contributed by atoms with van der Waals surface area (Å²) < 4.78 is 35.5. The predicted molar refractivity (Wildman–Crippen MR) is 91.6 cm³/mol. The summed E-state index contributed by atoms with van der Waals surface area (Å²) in [6.07, 6.45) is 0. The fourth-order valence-electron chi connectivity index (χ4n) is 2.66. The summed E-state index contributed by atoms with van der Waals surface area (Å²) >= 11 is 3.29. The second-order valence-electron chi connectivity index (χ2n) is 5.55. The topological polar surface area (TPSA) is 47.7 Å². The Bertz CT molecular complexity index is 512. The average Bonchev–Trinajstić information content (AvgIpc) is 2.72. The Morgan fingerprint density at radius 2 is 2.09 bits per heavy atom. The molecule has 1 heterocycles. The molecule has 2 rings (SSSR count). The lowest BCUT2D eigenvalue weighted by Gasteiger charge is -2.18. The van der Waals surface area contributed by atoms with Crippen LogP contribution in [0.1, 0.15) is 19.4 Å². The smallest absolute Gasteiger partial charge is 0.387 e. The van der Waals surface area contributed by atoms with Gasteiger partial charge in [0.2, 0.25) is 0 Å². The Morgan fingerprint density at radius 1 is 1.39 bits per heavy atom. The number of hydrogen-bond acceptors (Lipinski definition) is 4. The largest absolute Gasteiger partial charge is 0.490 e. The van der Waals surface area contributed by atoms with Gasteiger partial charge in [-0.1, -0.05) is 6.92 Å².